The van der Waals surface area contributed by atoms with Crippen LogP contribution in [0.5, 0.6) is 0 Å². The van der Waals surface area contributed by atoms with Crippen molar-refractivity contribution in [2.45, 2.75) is 51.5 Å². The number of aromatic nitrogens is 3. The van der Waals surface area contributed by atoms with E-state index in [1.54, 1.807) is 4.52 Å². The summed E-state index contributed by atoms with van der Waals surface area (Å²) in [6, 6.07) is 14.4. The van der Waals surface area contributed by atoms with Crippen molar-refractivity contribution in [3.63, 3.8) is 0 Å². The molecule has 5 heteroatoms. The van der Waals surface area contributed by atoms with Gasteiger partial charge < -0.3 is 5.32 Å². The Kier molecular flexibility index (Phi) is 4.45. The zero-order chi connectivity index (χ0) is 18.1. The molecule has 3 aromatic rings. The molecule has 0 radical (unpaired) electrons. The maximum Gasteiger partial charge on any atom is 0.270 e. The molecular formula is C21H24N4O. The highest BCUT2D eigenvalue weighted by molar-refractivity contribution is 5.93. The fraction of sp³-hybridized carbons (Fsp3) is 0.381. The third-order valence-electron chi connectivity index (χ3n) is 5.27. The maximum atomic E-state index is 12.9. The lowest BCUT2D eigenvalue weighted by Crippen LogP contribution is -2.41. The molecule has 1 N–H and O–H groups in total. The maximum absolute atomic E-state index is 12.9. The molecule has 2 atom stereocenters. The predicted octanol–water partition coefficient (Wildman–Crippen LogP) is 3.80. The summed E-state index contributed by atoms with van der Waals surface area (Å²) < 4.78 is 1.78. The van der Waals surface area contributed by atoms with Gasteiger partial charge in [-0.2, -0.15) is 5.10 Å². The summed E-state index contributed by atoms with van der Waals surface area (Å²) in [6.07, 6.45) is 4.49. The molecule has 0 aliphatic heterocycles. The lowest BCUT2D eigenvalue weighted by molar-refractivity contribution is 0.0915. The summed E-state index contributed by atoms with van der Waals surface area (Å²) in [5, 5.41) is 7.65. The van der Waals surface area contributed by atoms with Crippen molar-refractivity contribution < 1.29 is 4.79 Å². The Morgan fingerprint density at radius 2 is 1.88 bits per heavy atom. The predicted molar refractivity (Wildman–Crippen MR) is 101 cm³/mol. The number of fused-ring (bicyclic) bond motifs is 1. The lowest BCUT2D eigenvalue weighted by Gasteiger charge is -2.32. The molecule has 26 heavy (non-hydrogen) atoms. The second-order valence-corrected chi connectivity index (χ2v) is 7.22. The number of hydrogen-bond donors (Lipinski definition) is 1. The summed E-state index contributed by atoms with van der Waals surface area (Å²) in [5.74, 6) is 0.276. The number of carbonyl (C=O) groups excluding carboxylic acids is 1. The van der Waals surface area contributed by atoms with E-state index in [1.165, 1.54) is 12.0 Å². The van der Waals surface area contributed by atoms with Gasteiger partial charge >= 0.3 is 0 Å². The standard InChI is InChI=1S/C21H24N4O/c1-14-12-20-22-19(13-15(2)25(20)24-14)21(26)23-18-11-7-6-10-17(18)16-8-4-3-5-9-16/h3-5,8-9,12-13,17-18H,6-7,10-11H2,1-2H3,(H,23,26)/t17-,18+/m0/s1. The van der Waals surface area contributed by atoms with Crippen LogP contribution in [0.3, 0.4) is 0 Å². The largest absolute Gasteiger partial charge is 0.347 e. The highest BCUT2D eigenvalue weighted by atomic mass is 16.1. The van der Waals surface area contributed by atoms with E-state index in [4.69, 9.17) is 0 Å². The fourth-order valence-electron chi connectivity index (χ4n) is 4.00. The van der Waals surface area contributed by atoms with Crippen molar-refractivity contribution in [2.24, 2.45) is 0 Å². The van der Waals surface area contributed by atoms with E-state index < -0.39 is 0 Å². The van der Waals surface area contributed by atoms with Gasteiger partial charge in [-0.15, -0.1) is 0 Å². The van der Waals surface area contributed by atoms with Crippen molar-refractivity contribution in [1.82, 2.24) is 19.9 Å². The van der Waals surface area contributed by atoms with Gasteiger partial charge in [-0.3, -0.25) is 4.79 Å². The molecule has 1 amide bonds. The molecule has 4 rings (SSSR count). The van der Waals surface area contributed by atoms with E-state index in [9.17, 15) is 4.79 Å². The highest BCUT2D eigenvalue weighted by Gasteiger charge is 2.28. The zero-order valence-corrected chi connectivity index (χ0v) is 15.3. The molecule has 0 spiro atoms. The SMILES string of the molecule is Cc1cc2nc(C(=O)N[C@@H]3CCCC[C@H]3c3ccccc3)cc(C)n2n1. The van der Waals surface area contributed by atoms with Crippen LogP contribution >= 0.6 is 0 Å². The van der Waals surface area contributed by atoms with Crippen LogP contribution in [-0.2, 0) is 0 Å². The van der Waals surface area contributed by atoms with Crippen LogP contribution in [0.4, 0.5) is 0 Å². The third kappa shape index (κ3) is 3.21. The molecule has 2 heterocycles. The third-order valence-corrected chi connectivity index (χ3v) is 5.27. The molecule has 2 aromatic heterocycles. The minimum absolute atomic E-state index is 0.0951. The summed E-state index contributed by atoms with van der Waals surface area (Å²) >= 11 is 0. The van der Waals surface area contributed by atoms with Gasteiger partial charge in [-0.25, -0.2) is 9.50 Å². The molecule has 5 nitrogen and oxygen atoms in total. The van der Waals surface area contributed by atoms with Crippen LogP contribution in [-0.4, -0.2) is 26.5 Å². The van der Waals surface area contributed by atoms with Crippen molar-refractivity contribution in [2.75, 3.05) is 0 Å². The molecule has 1 aliphatic rings. The highest BCUT2D eigenvalue weighted by Crippen LogP contribution is 2.33. The van der Waals surface area contributed by atoms with Gasteiger partial charge in [0, 0.05) is 23.7 Å². The lowest BCUT2D eigenvalue weighted by atomic mass is 9.80. The summed E-state index contributed by atoms with van der Waals surface area (Å²) in [7, 11) is 0. The van der Waals surface area contributed by atoms with Crippen molar-refractivity contribution in [1.29, 1.82) is 0 Å². The first kappa shape index (κ1) is 16.8. The summed E-state index contributed by atoms with van der Waals surface area (Å²) in [5.41, 5.74) is 4.30. The quantitative estimate of drug-likeness (QED) is 0.783. The number of nitrogens with one attached hydrogen (secondary N) is 1. The Morgan fingerprint density at radius 3 is 2.69 bits per heavy atom. The van der Waals surface area contributed by atoms with Crippen LogP contribution in [0.25, 0.3) is 5.65 Å². The second-order valence-electron chi connectivity index (χ2n) is 7.22. The first-order valence-corrected chi connectivity index (χ1v) is 9.31. The number of benzene rings is 1. The van der Waals surface area contributed by atoms with E-state index >= 15 is 0 Å². The smallest absolute Gasteiger partial charge is 0.270 e. The Hall–Kier alpha value is -2.69. The normalized spacial score (nSPS) is 20.2. The first-order chi connectivity index (χ1) is 12.6. The number of carbonyl (C=O) groups is 1. The van der Waals surface area contributed by atoms with Gasteiger partial charge in [0.25, 0.3) is 5.91 Å². The first-order valence-electron chi connectivity index (χ1n) is 9.31. The molecule has 0 bridgehead atoms. The Labute approximate surface area is 153 Å². The van der Waals surface area contributed by atoms with Gasteiger partial charge in [0.1, 0.15) is 5.69 Å². The molecule has 1 aromatic carbocycles. The second kappa shape index (κ2) is 6.90. The van der Waals surface area contributed by atoms with Gasteiger partial charge in [0.05, 0.1) is 5.69 Å². The van der Waals surface area contributed by atoms with Crippen LogP contribution in [0, 0.1) is 13.8 Å². The Balaban J connectivity index is 1.58. The zero-order valence-electron chi connectivity index (χ0n) is 15.3. The number of hydrogen-bond acceptors (Lipinski definition) is 3. The Bertz CT molecular complexity index is 932. The molecule has 134 valence electrons. The number of rotatable bonds is 3. The van der Waals surface area contributed by atoms with E-state index in [0.717, 1.165) is 36.3 Å². The average Bonchev–Trinajstić information content (AvgIpc) is 3.04. The van der Waals surface area contributed by atoms with Crippen molar-refractivity contribution in [3.05, 3.63) is 65.1 Å². The van der Waals surface area contributed by atoms with Gasteiger partial charge in [0.15, 0.2) is 5.65 Å². The van der Waals surface area contributed by atoms with E-state index in [-0.39, 0.29) is 11.9 Å². The van der Waals surface area contributed by atoms with Crippen LogP contribution in [0.1, 0.15) is 59.0 Å². The van der Waals surface area contributed by atoms with Crippen LogP contribution in [0.15, 0.2) is 42.5 Å². The van der Waals surface area contributed by atoms with Crippen molar-refractivity contribution >= 4 is 11.6 Å². The van der Waals surface area contributed by atoms with Gasteiger partial charge in [-0.05, 0) is 38.3 Å². The van der Waals surface area contributed by atoms with Crippen LogP contribution < -0.4 is 5.32 Å². The minimum Gasteiger partial charge on any atom is -0.347 e. The van der Waals surface area contributed by atoms with E-state index in [2.05, 4.69) is 39.7 Å². The van der Waals surface area contributed by atoms with Gasteiger partial charge in [0.2, 0.25) is 0 Å². The van der Waals surface area contributed by atoms with E-state index in [0.29, 0.717) is 11.6 Å². The average molecular weight is 348 g/mol. The molecule has 1 fully saturated rings. The summed E-state index contributed by atoms with van der Waals surface area (Å²) in [6.45, 7) is 3.88. The number of nitrogens with zero attached hydrogens (tertiary/aromatic N) is 3. The topological polar surface area (TPSA) is 59.3 Å². The summed E-state index contributed by atoms with van der Waals surface area (Å²) in [4.78, 5) is 17.4. The fourth-order valence-corrected chi connectivity index (χ4v) is 4.00. The molecule has 1 aliphatic carbocycles. The number of amides is 1. The molecular weight excluding hydrogens is 324 g/mol. The van der Waals surface area contributed by atoms with Crippen LogP contribution in [0.2, 0.25) is 0 Å². The Morgan fingerprint density at radius 1 is 1.12 bits per heavy atom. The van der Waals surface area contributed by atoms with Crippen molar-refractivity contribution in [3.8, 4) is 0 Å². The number of aryl methyl sites for hydroxylation is 2. The minimum atomic E-state index is -0.0951. The monoisotopic (exact) mass is 348 g/mol. The molecule has 0 saturated heterocycles. The molecule has 0 unspecified atom stereocenters. The van der Waals surface area contributed by atoms with Gasteiger partial charge in [-0.1, -0.05) is 43.2 Å². The molecule has 1 saturated carbocycles. The van der Waals surface area contributed by atoms with E-state index in [1.807, 2.05) is 32.0 Å².